The predicted octanol–water partition coefficient (Wildman–Crippen LogP) is 4.63. The quantitative estimate of drug-likeness (QED) is 0.853. The lowest BCUT2D eigenvalue weighted by Gasteiger charge is -2.27. The zero-order valence-electron chi connectivity index (χ0n) is 12.2. The smallest absolute Gasteiger partial charge is 0.0255 e. The molecule has 104 valence electrons. The van der Waals surface area contributed by atoms with E-state index in [1.807, 2.05) is 0 Å². The summed E-state index contributed by atoms with van der Waals surface area (Å²) >= 11 is 0. The Balaban J connectivity index is 1.73. The fourth-order valence-corrected chi connectivity index (χ4v) is 3.09. The van der Waals surface area contributed by atoms with Gasteiger partial charge in [0.2, 0.25) is 0 Å². The van der Waals surface area contributed by atoms with Crippen molar-refractivity contribution in [3.63, 3.8) is 0 Å². The molecule has 0 aliphatic carbocycles. The van der Waals surface area contributed by atoms with E-state index in [9.17, 15) is 0 Å². The van der Waals surface area contributed by atoms with Crippen LogP contribution in [0.3, 0.4) is 0 Å². The van der Waals surface area contributed by atoms with E-state index in [-0.39, 0.29) is 0 Å². The van der Waals surface area contributed by atoms with Crippen molar-refractivity contribution < 1.29 is 0 Å². The molecule has 1 heteroatoms. The Morgan fingerprint density at radius 3 is 2.85 bits per heavy atom. The number of nitrogens with one attached hydrogen (secondary N) is 1. The molecule has 0 aromatic heterocycles. The van der Waals surface area contributed by atoms with Crippen LogP contribution in [0.25, 0.3) is 16.8 Å². The van der Waals surface area contributed by atoms with Crippen molar-refractivity contribution in [1.82, 2.24) is 5.32 Å². The first-order valence-electron chi connectivity index (χ1n) is 7.75. The largest absolute Gasteiger partial charge is 0.310 e. The number of hydrogen-bond donors (Lipinski definition) is 1. The number of piperidine rings is 1. The normalized spacial score (nSPS) is 23.4. The molecule has 0 spiro atoms. The molecule has 1 nitrogen and oxygen atoms in total. The summed E-state index contributed by atoms with van der Waals surface area (Å²) in [5, 5.41) is 6.23. The van der Waals surface area contributed by atoms with Crippen molar-refractivity contribution in [3.05, 3.63) is 54.1 Å². The Hall–Kier alpha value is -1.60. The minimum Gasteiger partial charge on any atom is -0.310 e. The van der Waals surface area contributed by atoms with Gasteiger partial charge in [0.05, 0.1) is 0 Å². The molecule has 3 rings (SSSR count). The van der Waals surface area contributed by atoms with Crippen molar-refractivity contribution >= 4 is 16.8 Å². The molecule has 2 aromatic rings. The number of rotatable bonds is 3. The summed E-state index contributed by atoms with van der Waals surface area (Å²) < 4.78 is 0. The van der Waals surface area contributed by atoms with Crippen molar-refractivity contribution in [3.8, 4) is 0 Å². The van der Waals surface area contributed by atoms with Gasteiger partial charge in [0.15, 0.2) is 0 Å². The zero-order chi connectivity index (χ0) is 13.8. The second kappa shape index (κ2) is 6.23. The van der Waals surface area contributed by atoms with Crippen molar-refractivity contribution in [1.29, 1.82) is 0 Å². The van der Waals surface area contributed by atoms with E-state index in [1.165, 1.54) is 35.6 Å². The lowest BCUT2D eigenvalue weighted by Crippen LogP contribution is -2.36. The Labute approximate surface area is 121 Å². The zero-order valence-corrected chi connectivity index (χ0v) is 12.2. The van der Waals surface area contributed by atoms with E-state index >= 15 is 0 Å². The van der Waals surface area contributed by atoms with Crippen LogP contribution in [0.15, 0.2) is 48.5 Å². The SMILES string of the molecule is CCC1CCNC(/C=C/c2ccc3ccccc3c2)C1. The van der Waals surface area contributed by atoms with Crippen LogP contribution in [0.4, 0.5) is 0 Å². The van der Waals surface area contributed by atoms with Gasteiger partial charge in [0.1, 0.15) is 0 Å². The molecule has 0 saturated carbocycles. The van der Waals surface area contributed by atoms with Crippen LogP contribution in [0.1, 0.15) is 31.7 Å². The molecule has 2 atom stereocenters. The molecule has 0 amide bonds. The maximum absolute atomic E-state index is 3.60. The third kappa shape index (κ3) is 3.10. The first-order valence-corrected chi connectivity index (χ1v) is 7.75. The van der Waals surface area contributed by atoms with Crippen LogP contribution in [-0.4, -0.2) is 12.6 Å². The van der Waals surface area contributed by atoms with E-state index in [0.29, 0.717) is 6.04 Å². The van der Waals surface area contributed by atoms with Gasteiger partial charge in [-0.3, -0.25) is 0 Å². The summed E-state index contributed by atoms with van der Waals surface area (Å²) in [6.07, 6.45) is 8.52. The van der Waals surface area contributed by atoms with E-state index in [1.54, 1.807) is 0 Å². The molecule has 20 heavy (non-hydrogen) atoms. The van der Waals surface area contributed by atoms with Crippen LogP contribution in [0.2, 0.25) is 0 Å². The highest BCUT2D eigenvalue weighted by Crippen LogP contribution is 2.21. The van der Waals surface area contributed by atoms with Crippen LogP contribution in [0, 0.1) is 5.92 Å². The minimum atomic E-state index is 0.542. The Morgan fingerprint density at radius 1 is 1.15 bits per heavy atom. The topological polar surface area (TPSA) is 12.0 Å². The van der Waals surface area contributed by atoms with Gasteiger partial charge >= 0.3 is 0 Å². The lowest BCUT2D eigenvalue weighted by molar-refractivity contribution is 0.326. The first-order chi connectivity index (χ1) is 9.85. The third-order valence-corrected chi connectivity index (χ3v) is 4.42. The van der Waals surface area contributed by atoms with Crippen molar-refractivity contribution in [2.75, 3.05) is 6.54 Å². The van der Waals surface area contributed by atoms with E-state index in [0.717, 1.165) is 12.5 Å². The lowest BCUT2D eigenvalue weighted by atomic mass is 9.90. The third-order valence-electron chi connectivity index (χ3n) is 4.42. The van der Waals surface area contributed by atoms with E-state index in [2.05, 4.69) is 66.9 Å². The number of fused-ring (bicyclic) bond motifs is 1. The monoisotopic (exact) mass is 265 g/mol. The van der Waals surface area contributed by atoms with Crippen molar-refractivity contribution in [2.45, 2.75) is 32.2 Å². The van der Waals surface area contributed by atoms with Gasteiger partial charge in [-0.25, -0.2) is 0 Å². The molecule has 2 aromatic carbocycles. The summed E-state index contributed by atoms with van der Waals surface area (Å²) in [4.78, 5) is 0. The maximum atomic E-state index is 3.60. The second-order valence-corrected chi connectivity index (χ2v) is 5.82. The molecule has 0 radical (unpaired) electrons. The molecular weight excluding hydrogens is 242 g/mol. The minimum absolute atomic E-state index is 0.542. The molecule has 1 aliphatic heterocycles. The highest BCUT2D eigenvalue weighted by atomic mass is 14.9. The average Bonchev–Trinajstić information content (AvgIpc) is 2.53. The van der Waals surface area contributed by atoms with Crippen LogP contribution in [-0.2, 0) is 0 Å². The highest BCUT2D eigenvalue weighted by Gasteiger charge is 2.17. The van der Waals surface area contributed by atoms with Crippen molar-refractivity contribution in [2.24, 2.45) is 5.92 Å². The van der Waals surface area contributed by atoms with Gasteiger partial charge in [0.25, 0.3) is 0 Å². The number of hydrogen-bond acceptors (Lipinski definition) is 1. The Bertz CT molecular complexity index is 599. The molecular formula is C19H23N. The van der Waals surface area contributed by atoms with Crippen LogP contribution in [0.5, 0.6) is 0 Å². The standard InChI is InChI=1S/C19H23N/c1-2-15-11-12-20-19(14-15)10-8-16-7-9-17-5-3-4-6-18(17)13-16/h3-10,13,15,19-20H,2,11-12,14H2,1H3/b10-8+. The molecule has 2 unspecified atom stereocenters. The fraction of sp³-hybridized carbons (Fsp3) is 0.368. The summed E-state index contributed by atoms with van der Waals surface area (Å²) in [5.74, 6) is 0.891. The van der Waals surface area contributed by atoms with Gasteiger partial charge in [-0.15, -0.1) is 0 Å². The summed E-state index contributed by atoms with van der Waals surface area (Å²) in [6.45, 7) is 3.46. The van der Waals surface area contributed by atoms with Gasteiger partial charge in [-0.2, -0.15) is 0 Å². The second-order valence-electron chi connectivity index (χ2n) is 5.82. The van der Waals surface area contributed by atoms with Gasteiger partial charge in [0, 0.05) is 6.04 Å². The molecule has 0 bridgehead atoms. The highest BCUT2D eigenvalue weighted by molar-refractivity contribution is 5.84. The van der Waals surface area contributed by atoms with Gasteiger partial charge in [-0.05, 0) is 47.7 Å². The summed E-state index contributed by atoms with van der Waals surface area (Å²) in [5.41, 5.74) is 1.30. The van der Waals surface area contributed by atoms with Gasteiger partial charge in [-0.1, -0.05) is 61.9 Å². The maximum Gasteiger partial charge on any atom is 0.0255 e. The molecule has 1 heterocycles. The fourth-order valence-electron chi connectivity index (χ4n) is 3.09. The molecule has 1 saturated heterocycles. The molecule has 1 fully saturated rings. The number of benzene rings is 2. The van der Waals surface area contributed by atoms with Crippen LogP contribution >= 0.6 is 0 Å². The average molecular weight is 265 g/mol. The summed E-state index contributed by atoms with van der Waals surface area (Å²) in [7, 11) is 0. The Kier molecular flexibility index (Phi) is 4.17. The first kappa shape index (κ1) is 13.4. The van der Waals surface area contributed by atoms with E-state index < -0.39 is 0 Å². The summed E-state index contributed by atoms with van der Waals surface area (Å²) in [6, 6.07) is 15.8. The Morgan fingerprint density at radius 2 is 2.00 bits per heavy atom. The predicted molar refractivity (Wildman–Crippen MR) is 87.8 cm³/mol. The van der Waals surface area contributed by atoms with Crippen LogP contribution < -0.4 is 5.32 Å². The molecule has 1 N–H and O–H groups in total. The molecule has 1 aliphatic rings. The van der Waals surface area contributed by atoms with E-state index in [4.69, 9.17) is 0 Å². The van der Waals surface area contributed by atoms with Gasteiger partial charge < -0.3 is 5.32 Å².